The van der Waals surface area contributed by atoms with Crippen molar-refractivity contribution in [3.63, 3.8) is 0 Å². The number of ether oxygens (including phenoxy) is 2. The maximum Gasteiger partial charge on any atom is 0.303 e. The first-order valence-corrected chi connectivity index (χ1v) is 5.65. The van der Waals surface area contributed by atoms with Gasteiger partial charge in [0, 0.05) is 12.0 Å². The van der Waals surface area contributed by atoms with Gasteiger partial charge < -0.3 is 14.6 Å². The number of methoxy groups -OCH3 is 1. The van der Waals surface area contributed by atoms with Gasteiger partial charge in [-0.15, -0.1) is 0 Å². The van der Waals surface area contributed by atoms with Gasteiger partial charge >= 0.3 is 5.97 Å². The summed E-state index contributed by atoms with van der Waals surface area (Å²) in [5.74, 6) is 0.249. The summed E-state index contributed by atoms with van der Waals surface area (Å²) in [7, 11) is 1.50. The predicted molar refractivity (Wildman–Crippen MR) is 65.4 cm³/mol. The molecule has 0 unspecified atom stereocenters. The van der Waals surface area contributed by atoms with Gasteiger partial charge in [-0.1, -0.05) is 0 Å². The second-order valence-corrected chi connectivity index (χ2v) is 3.73. The lowest BCUT2D eigenvalue weighted by Gasteiger charge is -2.10. The molecule has 0 aromatic heterocycles. The number of aldehydes is 1. The van der Waals surface area contributed by atoms with Crippen LogP contribution in [0, 0.1) is 0 Å². The molecule has 0 aliphatic rings. The first kappa shape index (κ1) is 14.0. The number of aliphatic carboxylic acids is 1. The Bertz CT molecular complexity index is 414. The molecule has 0 saturated heterocycles. The van der Waals surface area contributed by atoms with Crippen molar-refractivity contribution >= 4 is 12.3 Å². The number of rotatable bonds is 8. The van der Waals surface area contributed by atoms with E-state index in [2.05, 4.69) is 0 Å². The third-order valence-electron chi connectivity index (χ3n) is 2.37. The van der Waals surface area contributed by atoms with Crippen LogP contribution in [0.4, 0.5) is 0 Å². The van der Waals surface area contributed by atoms with Crippen LogP contribution in [0.15, 0.2) is 18.2 Å². The molecule has 0 aliphatic heterocycles. The maximum absolute atomic E-state index is 10.6. The Labute approximate surface area is 105 Å². The van der Waals surface area contributed by atoms with Crippen LogP contribution in [-0.4, -0.2) is 31.1 Å². The highest BCUT2D eigenvalue weighted by atomic mass is 16.5. The van der Waals surface area contributed by atoms with E-state index in [9.17, 15) is 9.59 Å². The Morgan fingerprint density at radius 1 is 1.33 bits per heavy atom. The zero-order chi connectivity index (χ0) is 13.4. The number of hydrogen-bond donors (Lipinski definition) is 1. The van der Waals surface area contributed by atoms with E-state index in [-0.39, 0.29) is 6.42 Å². The first-order valence-electron chi connectivity index (χ1n) is 5.65. The van der Waals surface area contributed by atoms with Crippen LogP contribution in [0.5, 0.6) is 11.5 Å². The smallest absolute Gasteiger partial charge is 0.303 e. The molecule has 0 saturated carbocycles. The molecule has 5 nitrogen and oxygen atoms in total. The lowest BCUT2D eigenvalue weighted by Crippen LogP contribution is -2.01. The topological polar surface area (TPSA) is 72.8 Å². The molecule has 1 rings (SSSR count). The number of carboxylic acid groups (broad SMARTS) is 1. The minimum absolute atomic E-state index is 0.143. The van der Waals surface area contributed by atoms with Crippen molar-refractivity contribution < 1.29 is 24.2 Å². The van der Waals surface area contributed by atoms with Crippen molar-refractivity contribution in [2.45, 2.75) is 19.3 Å². The fraction of sp³-hybridized carbons (Fsp3) is 0.385. The summed E-state index contributed by atoms with van der Waals surface area (Å²) in [4.78, 5) is 20.9. The van der Waals surface area contributed by atoms with Gasteiger partial charge in [0.1, 0.15) is 6.29 Å². The van der Waals surface area contributed by atoms with Crippen molar-refractivity contribution in [2.75, 3.05) is 13.7 Å². The quantitative estimate of drug-likeness (QED) is 0.567. The standard InChI is InChI=1S/C13H16O5/c1-17-12-8-10(9-14)5-6-11(12)18-7-3-2-4-13(15)16/h5-6,8-9H,2-4,7H2,1H3,(H,15,16). The van der Waals surface area contributed by atoms with E-state index in [1.807, 2.05) is 0 Å². The normalized spacial score (nSPS) is 9.83. The number of hydrogen-bond acceptors (Lipinski definition) is 4. The molecule has 1 aromatic rings. The van der Waals surface area contributed by atoms with Gasteiger partial charge in [0.25, 0.3) is 0 Å². The highest BCUT2D eigenvalue weighted by Crippen LogP contribution is 2.27. The van der Waals surface area contributed by atoms with Gasteiger partial charge in [0.15, 0.2) is 11.5 Å². The van der Waals surface area contributed by atoms with Crippen molar-refractivity contribution in [3.8, 4) is 11.5 Å². The summed E-state index contributed by atoms with van der Waals surface area (Å²) in [5, 5.41) is 8.48. The van der Waals surface area contributed by atoms with Crippen LogP contribution in [-0.2, 0) is 4.79 Å². The number of benzene rings is 1. The van der Waals surface area contributed by atoms with Crippen LogP contribution in [0.1, 0.15) is 29.6 Å². The van der Waals surface area contributed by atoms with Gasteiger partial charge in [-0.05, 0) is 31.0 Å². The van der Waals surface area contributed by atoms with Crippen LogP contribution < -0.4 is 9.47 Å². The lowest BCUT2D eigenvalue weighted by molar-refractivity contribution is -0.137. The Balaban J connectivity index is 2.46. The molecule has 0 radical (unpaired) electrons. The highest BCUT2D eigenvalue weighted by molar-refractivity contribution is 5.76. The zero-order valence-corrected chi connectivity index (χ0v) is 10.2. The molecule has 0 aliphatic carbocycles. The number of carbonyl (C=O) groups is 2. The number of carbonyl (C=O) groups excluding carboxylic acids is 1. The van der Waals surface area contributed by atoms with E-state index < -0.39 is 5.97 Å². The molecule has 0 atom stereocenters. The second-order valence-electron chi connectivity index (χ2n) is 3.73. The molecule has 0 fully saturated rings. The van der Waals surface area contributed by atoms with E-state index in [4.69, 9.17) is 14.6 Å². The van der Waals surface area contributed by atoms with E-state index in [0.29, 0.717) is 36.5 Å². The summed E-state index contributed by atoms with van der Waals surface area (Å²) in [6.07, 6.45) is 2.11. The molecule has 0 heterocycles. The first-order chi connectivity index (χ1) is 8.67. The summed E-state index contributed by atoms with van der Waals surface area (Å²) >= 11 is 0. The van der Waals surface area contributed by atoms with Crippen molar-refractivity contribution in [2.24, 2.45) is 0 Å². The van der Waals surface area contributed by atoms with E-state index in [1.165, 1.54) is 7.11 Å². The minimum Gasteiger partial charge on any atom is -0.493 e. The SMILES string of the molecule is COc1cc(C=O)ccc1OCCCCC(=O)O. The Morgan fingerprint density at radius 3 is 2.72 bits per heavy atom. The van der Waals surface area contributed by atoms with Gasteiger partial charge in [-0.25, -0.2) is 0 Å². The Morgan fingerprint density at radius 2 is 2.11 bits per heavy atom. The Kier molecular flexibility index (Phi) is 5.70. The van der Waals surface area contributed by atoms with Crippen LogP contribution >= 0.6 is 0 Å². The van der Waals surface area contributed by atoms with Crippen molar-refractivity contribution in [1.29, 1.82) is 0 Å². The van der Waals surface area contributed by atoms with E-state index in [0.717, 1.165) is 6.29 Å². The van der Waals surface area contributed by atoms with Gasteiger partial charge in [-0.2, -0.15) is 0 Å². The molecule has 18 heavy (non-hydrogen) atoms. The van der Waals surface area contributed by atoms with Gasteiger partial charge in [0.05, 0.1) is 13.7 Å². The third kappa shape index (κ3) is 4.45. The summed E-state index contributed by atoms with van der Waals surface area (Å²) < 4.78 is 10.6. The van der Waals surface area contributed by atoms with E-state index in [1.54, 1.807) is 18.2 Å². The predicted octanol–water partition coefficient (Wildman–Crippen LogP) is 2.14. The monoisotopic (exact) mass is 252 g/mol. The largest absolute Gasteiger partial charge is 0.493 e. The second kappa shape index (κ2) is 7.32. The minimum atomic E-state index is -0.803. The van der Waals surface area contributed by atoms with Crippen molar-refractivity contribution in [1.82, 2.24) is 0 Å². The van der Waals surface area contributed by atoms with Crippen LogP contribution in [0.25, 0.3) is 0 Å². The average molecular weight is 252 g/mol. The lowest BCUT2D eigenvalue weighted by atomic mass is 10.2. The summed E-state index contributed by atoms with van der Waals surface area (Å²) in [6.45, 7) is 0.421. The molecular weight excluding hydrogens is 236 g/mol. The molecule has 0 spiro atoms. The fourth-order valence-electron chi connectivity index (χ4n) is 1.44. The Hall–Kier alpha value is -2.04. The molecule has 0 amide bonds. The summed E-state index contributed by atoms with van der Waals surface area (Å²) in [5.41, 5.74) is 0.519. The average Bonchev–Trinajstić information content (AvgIpc) is 2.38. The van der Waals surface area contributed by atoms with Crippen molar-refractivity contribution in [3.05, 3.63) is 23.8 Å². The van der Waals surface area contributed by atoms with Crippen LogP contribution in [0.2, 0.25) is 0 Å². The van der Waals surface area contributed by atoms with Gasteiger partial charge in [0.2, 0.25) is 0 Å². The fourth-order valence-corrected chi connectivity index (χ4v) is 1.44. The molecule has 98 valence electrons. The number of carboxylic acids is 1. The van der Waals surface area contributed by atoms with Gasteiger partial charge in [-0.3, -0.25) is 9.59 Å². The summed E-state index contributed by atoms with van der Waals surface area (Å²) in [6, 6.07) is 4.90. The van der Waals surface area contributed by atoms with E-state index >= 15 is 0 Å². The molecular formula is C13H16O5. The third-order valence-corrected chi connectivity index (χ3v) is 2.37. The molecule has 1 N–H and O–H groups in total. The highest BCUT2D eigenvalue weighted by Gasteiger charge is 2.05. The number of unbranched alkanes of at least 4 members (excludes halogenated alkanes) is 1. The van der Waals surface area contributed by atoms with Crippen LogP contribution in [0.3, 0.4) is 0 Å². The molecule has 5 heteroatoms. The molecule has 1 aromatic carbocycles. The zero-order valence-electron chi connectivity index (χ0n) is 10.2. The molecule has 0 bridgehead atoms. The maximum atomic E-state index is 10.6.